The summed E-state index contributed by atoms with van der Waals surface area (Å²) in [4.78, 5) is 22.4. The molecule has 0 radical (unpaired) electrons. The van der Waals surface area contributed by atoms with E-state index >= 15 is 0 Å². The minimum Gasteiger partial charge on any atom is -0.480 e. The molecule has 1 fully saturated rings. The summed E-state index contributed by atoms with van der Waals surface area (Å²) in [6.07, 6.45) is -7.57. The Balaban J connectivity index is 3.00. The molecule has 1 aliphatic heterocycles. The molecule has 1 heterocycles. The summed E-state index contributed by atoms with van der Waals surface area (Å²) in [5.41, 5.74) is -3.73. The van der Waals surface area contributed by atoms with Crippen molar-refractivity contribution in [1.29, 1.82) is 0 Å². The van der Waals surface area contributed by atoms with Crippen LogP contribution in [0.2, 0.25) is 0 Å². The van der Waals surface area contributed by atoms with Gasteiger partial charge < -0.3 is 15.1 Å². The zero-order valence-electron chi connectivity index (χ0n) is 9.24. The van der Waals surface area contributed by atoms with E-state index in [4.69, 9.17) is 10.2 Å². The molecule has 0 saturated carbocycles. The molecule has 1 unspecified atom stereocenters. The molecule has 5 nitrogen and oxygen atoms in total. The Hall–Kier alpha value is -1.38. The quantitative estimate of drug-likeness (QED) is 0.710. The molecule has 0 aromatic carbocycles. The standard InChI is InChI=1S/C9H11F4NO4/c1-8(18,9(11,12)13)7(17)14-3-4(10)2-5(14)6(15)16/h4-5,18H,2-3H2,1H3,(H,15,16)/t4-,5?,8-/m1/s1. The Bertz CT molecular complexity index is 368. The molecule has 0 spiro atoms. The van der Waals surface area contributed by atoms with Crippen molar-refractivity contribution in [2.24, 2.45) is 0 Å². The summed E-state index contributed by atoms with van der Waals surface area (Å²) in [5, 5.41) is 17.8. The number of rotatable bonds is 2. The average molecular weight is 273 g/mol. The predicted octanol–water partition coefficient (Wildman–Crippen LogP) is 0.323. The zero-order valence-corrected chi connectivity index (χ0v) is 9.24. The van der Waals surface area contributed by atoms with Gasteiger partial charge in [-0.05, 0) is 6.92 Å². The Morgan fingerprint density at radius 3 is 2.22 bits per heavy atom. The second-order valence-electron chi connectivity index (χ2n) is 4.21. The van der Waals surface area contributed by atoms with Gasteiger partial charge in [0, 0.05) is 6.42 Å². The zero-order chi connectivity index (χ0) is 14.3. The first-order valence-electron chi connectivity index (χ1n) is 4.95. The van der Waals surface area contributed by atoms with Crippen molar-refractivity contribution >= 4 is 11.9 Å². The molecule has 3 atom stereocenters. The number of aliphatic hydroxyl groups is 1. The van der Waals surface area contributed by atoms with E-state index in [1.165, 1.54) is 0 Å². The molecule has 0 aromatic rings. The fourth-order valence-electron chi connectivity index (χ4n) is 1.64. The van der Waals surface area contributed by atoms with Crippen LogP contribution in [0, 0.1) is 0 Å². The second kappa shape index (κ2) is 4.38. The summed E-state index contributed by atoms with van der Waals surface area (Å²) < 4.78 is 50.3. The highest BCUT2D eigenvalue weighted by Gasteiger charge is 2.59. The van der Waals surface area contributed by atoms with Crippen molar-refractivity contribution in [3.05, 3.63) is 0 Å². The van der Waals surface area contributed by atoms with Gasteiger partial charge in [-0.1, -0.05) is 0 Å². The number of carbonyl (C=O) groups excluding carboxylic acids is 1. The fourth-order valence-corrected chi connectivity index (χ4v) is 1.64. The van der Waals surface area contributed by atoms with Crippen LogP contribution in [0.25, 0.3) is 0 Å². The molecular formula is C9H11F4NO4. The molecular weight excluding hydrogens is 262 g/mol. The van der Waals surface area contributed by atoms with Crippen LogP contribution in [-0.2, 0) is 9.59 Å². The van der Waals surface area contributed by atoms with E-state index in [1.807, 2.05) is 0 Å². The summed E-state index contributed by atoms with van der Waals surface area (Å²) in [7, 11) is 0. The van der Waals surface area contributed by atoms with Crippen molar-refractivity contribution < 1.29 is 37.4 Å². The second-order valence-corrected chi connectivity index (χ2v) is 4.21. The third kappa shape index (κ3) is 2.40. The van der Waals surface area contributed by atoms with E-state index in [-0.39, 0.29) is 11.8 Å². The van der Waals surface area contributed by atoms with Crippen LogP contribution in [-0.4, -0.2) is 57.5 Å². The highest BCUT2D eigenvalue weighted by molar-refractivity contribution is 5.90. The number of halogens is 4. The fraction of sp³-hybridized carbons (Fsp3) is 0.778. The molecule has 9 heteroatoms. The minimum atomic E-state index is -5.26. The van der Waals surface area contributed by atoms with Gasteiger partial charge in [0.1, 0.15) is 12.2 Å². The Morgan fingerprint density at radius 2 is 1.83 bits per heavy atom. The molecule has 0 aromatic heterocycles. The maximum atomic E-state index is 13.0. The first kappa shape index (κ1) is 14.7. The third-order valence-electron chi connectivity index (χ3n) is 2.76. The van der Waals surface area contributed by atoms with E-state index in [2.05, 4.69) is 0 Å². The molecule has 0 aliphatic carbocycles. The summed E-state index contributed by atoms with van der Waals surface area (Å²) in [5.74, 6) is -3.47. The van der Waals surface area contributed by atoms with Gasteiger partial charge in [0.15, 0.2) is 0 Å². The lowest BCUT2D eigenvalue weighted by atomic mass is 10.0. The van der Waals surface area contributed by atoms with E-state index < -0.39 is 48.8 Å². The van der Waals surface area contributed by atoms with Crippen molar-refractivity contribution in [2.45, 2.75) is 37.3 Å². The highest BCUT2D eigenvalue weighted by Crippen LogP contribution is 2.34. The number of hydrogen-bond donors (Lipinski definition) is 2. The number of nitrogens with zero attached hydrogens (tertiary/aromatic N) is 1. The van der Waals surface area contributed by atoms with Gasteiger partial charge in [-0.3, -0.25) is 4.79 Å². The van der Waals surface area contributed by atoms with Crippen molar-refractivity contribution in [2.75, 3.05) is 6.54 Å². The number of hydrogen-bond acceptors (Lipinski definition) is 3. The van der Waals surface area contributed by atoms with Crippen molar-refractivity contribution in [3.8, 4) is 0 Å². The number of carbonyl (C=O) groups is 2. The highest BCUT2D eigenvalue weighted by atomic mass is 19.4. The lowest BCUT2D eigenvalue weighted by molar-refractivity contribution is -0.250. The number of alkyl halides is 4. The van der Waals surface area contributed by atoms with Crippen LogP contribution in [0.5, 0.6) is 0 Å². The molecule has 1 saturated heterocycles. The third-order valence-corrected chi connectivity index (χ3v) is 2.76. The molecule has 18 heavy (non-hydrogen) atoms. The van der Waals surface area contributed by atoms with Gasteiger partial charge in [-0.25, -0.2) is 9.18 Å². The topological polar surface area (TPSA) is 77.8 Å². The first-order chi connectivity index (χ1) is 7.98. The van der Waals surface area contributed by atoms with Gasteiger partial charge in [0.25, 0.3) is 5.91 Å². The first-order valence-corrected chi connectivity index (χ1v) is 4.95. The molecule has 1 amide bonds. The smallest absolute Gasteiger partial charge is 0.426 e. The van der Waals surface area contributed by atoms with Crippen LogP contribution in [0.1, 0.15) is 13.3 Å². The maximum absolute atomic E-state index is 13.0. The Labute approximate surface area is 99.0 Å². The lowest BCUT2D eigenvalue weighted by Gasteiger charge is -2.31. The van der Waals surface area contributed by atoms with E-state index in [0.29, 0.717) is 0 Å². The van der Waals surface area contributed by atoms with Crippen LogP contribution < -0.4 is 0 Å². The van der Waals surface area contributed by atoms with E-state index in [1.54, 1.807) is 0 Å². The predicted molar refractivity (Wildman–Crippen MR) is 49.3 cm³/mol. The molecule has 0 bridgehead atoms. The number of likely N-dealkylation sites (tertiary alicyclic amines) is 1. The molecule has 1 aliphatic rings. The SMILES string of the molecule is C[C@@](O)(C(=O)N1C[C@H](F)CC1C(=O)O)C(F)(F)F. The van der Waals surface area contributed by atoms with Gasteiger partial charge in [0.05, 0.1) is 6.54 Å². The van der Waals surface area contributed by atoms with Crippen LogP contribution in [0.3, 0.4) is 0 Å². The molecule has 1 rings (SSSR count). The van der Waals surface area contributed by atoms with Crippen LogP contribution in [0.4, 0.5) is 17.6 Å². The van der Waals surface area contributed by atoms with Gasteiger partial charge >= 0.3 is 12.1 Å². The van der Waals surface area contributed by atoms with Crippen LogP contribution >= 0.6 is 0 Å². The summed E-state index contributed by atoms with van der Waals surface area (Å²) in [6, 6.07) is -1.69. The van der Waals surface area contributed by atoms with Crippen molar-refractivity contribution in [3.63, 3.8) is 0 Å². The Kier molecular flexibility index (Phi) is 3.57. The lowest BCUT2D eigenvalue weighted by Crippen LogP contribution is -2.58. The van der Waals surface area contributed by atoms with Gasteiger partial charge in [0.2, 0.25) is 5.60 Å². The Morgan fingerprint density at radius 1 is 1.33 bits per heavy atom. The number of carboxylic acid groups (broad SMARTS) is 1. The van der Waals surface area contributed by atoms with Crippen LogP contribution in [0.15, 0.2) is 0 Å². The monoisotopic (exact) mass is 273 g/mol. The average Bonchev–Trinajstić information content (AvgIpc) is 2.57. The molecule has 2 N–H and O–H groups in total. The van der Waals surface area contributed by atoms with Gasteiger partial charge in [-0.15, -0.1) is 0 Å². The van der Waals surface area contributed by atoms with Gasteiger partial charge in [-0.2, -0.15) is 13.2 Å². The maximum Gasteiger partial charge on any atom is 0.426 e. The van der Waals surface area contributed by atoms with E-state index in [0.717, 1.165) is 0 Å². The van der Waals surface area contributed by atoms with E-state index in [9.17, 15) is 27.2 Å². The molecule has 104 valence electrons. The number of aliphatic carboxylic acids is 1. The normalized spacial score (nSPS) is 28.0. The minimum absolute atomic E-state index is 0.208. The number of amides is 1. The summed E-state index contributed by atoms with van der Waals surface area (Å²) in [6.45, 7) is -0.568. The summed E-state index contributed by atoms with van der Waals surface area (Å²) >= 11 is 0. The largest absolute Gasteiger partial charge is 0.480 e. The number of carboxylic acids is 1. The van der Waals surface area contributed by atoms with Crippen molar-refractivity contribution in [1.82, 2.24) is 4.90 Å².